The minimum Gasteiger partial charge on any atom is -0.505 e. The lowest BCUT2D eigenvalue weighted by Crippen LogP contribution is -2.42. The van der Waals surface area contributed by atoms with E-state index in [0.717, 1.165) is 6.42 Å². The number of pyridine rings is 1. The topological polar surface area (TPSA) is 210 Å². The van der Waals surface area contributed by atoms with Crippen molar-refractivity contribution in [3.05, 3.63) is 77.6 Å². The maximum Gasteiger partial charge on any atom is 0.339 e. The zero-order valence-electron chi connectivity index (χ0n) is 21.5. The van der Waals surface area contributed by atoms with E-state index in [4.69, 9.17) is 0 Å². The quantitative estimate of drug-likeness (QED) is 0.223. The van der Waals surface area contributed by atoms with Gasteiger partial charge in [0.15, 0.2) is 11.5 Å². The number of carboxylic acids is 2. The van der Waals surface area contributed by atoms with Gasteiger partial charge in [0.2, 0.25) is 0 Å². The van der Waals surface area contributed by atoms with Crippen molar-refractivity contribution in [2.24, 2.45) is 0 Å². The van der Waals surface area contributed by atoms with Gasteiger partial charge >= 0.3 is 11.9 Å². The summed E-state index contributed by atoms with van der Waals surface area (Å²) < 4.78 is 2.38. The molecule has 0 saturated carbocycles. The van der Waals surface area contributed by atoms with Crippen LogP contribution in [-0.4, -0.2) is 91.2 Å². The summed E-state index contributed by atoms with van der Waals surface area (Å²) in [5.41, 5.74) is 0.739. The minimum absolute atomic E-state index is 0.0769. The van der Waals surface area contributed by atoms with E-state index in [1.807, 2.05) is 0 Å². The summed E-state index contributed by atoms with van der Waals surface area (Å²) in [5, 5.41) is 55.8. The second-order valence-electron chi connectivity index (χ2n) is 9.33. The Morgan fingerprint density at radius 3 is 1.57 bits per heavy atom. The lowest BCUT2D eigenvalue weighted by Gasteiger charge is -2.31. The molecular formula is C27H20N8O7. The normalized spacial score (nSPS) is 12.6. The van der Waals surface area contributed by atoms with Crippen LogP contribution in [0, 0.1) is 0 Å². The third kappa shape index (κ3) is 4.53. The molecule has 0 atom stereocenters. The van der Waals surface area contributed by atoms with Gasteiger partial charge in [-0.1, -0.05) is 22.6 Å². The molecule has 3 aromatic heterocycles. The Labute approximate surface area is 235 Å². The number of aromatic nitrogens is 7. The summed E-state index contributed by atoms with van der Waals surface area (Å²) in [6.07, 6.45) is 3.74. The molecule has 15 nitrogen and oxygen atoms in total. The number of carbonyl (C=O) groups is 3. The Morgan fingerprint density at radius 2 is 1.17 bits per heavy atom. The van der Waals surface area contributed by atoms with Gasteiger partial charge in [-0.2, -0.15) is 0 Å². The van der Waals surface area contributed by atoms with Gasteiger partial charge in [-0.3, -0.25) is 4.79 Å². The maximum atomic E-state index is 13.2. The van der Waals surface area contributed by atoms with Gasteiger partial charge in [-0.05, 0) is 42.8 Å². The number of para-hydroxylation sites is 2. The van der Waals surface area contributed by atoms with Crippen molar-refractivity contribution in [2.75, 3.05) is 13.1 Å². The van der Waals surface area contributed by atoms with Crippen molar-refractivity contribution in [2.45, 2.75) is 6.42 Å². The number of nitrogens with zero attached hydrogens (tertiary/aromatic N) is 8. The molecule has 4 heterocycles. The van der Waals surface area contributed by atoms with Crippen LogP contribution in [0.4, 0.5) is 0 Å². The molecule has 5 aromatic rings. The highest BCUT2D eigenvalue weighted by molar-refractivity contribution is 5.96. The van der Waals surface area contributed by atoms with Crippen molar-refractivity contribution in [1.29, 1.82) is 0 Å². The molecule has 0 radical (unpaired) electrons. The van der Waals surface area contributed by atoms with Gasteiger partial charge in [-0.25, -0.2) is 23.9 Å². The molecule has 2 aromatic carbocycles. The molecule has 1 aliphatic heterocycles. The van der Waals surface area contributed by atoms with Crippen molar-refractivity contribution in [3.63, 3.8) is 0 Å². The summed E-state index contributed by atoms with van der Waals surface area (Å²) in [6, 6.07) is 11.4. The number of likely N-dealkylation sites (tertiary alicyclic amines) is 1. The highest BCUT2D eigenvalue weighted by Crippen LogP contribution is 2.30. The average Bonchev–Trinajstić information content (AvgIpc) is 3.63. The van der Waals surface area contributed by atoms with E-state index in [9.17, 15) is 34.8 Å². The Bertz CT molecular complexity index is 1770. The van der Waals surface area contributed by atoms with Gasteiger partial charge in [0.1, 0.15) is 33.9 Å². The number of rotatable bonds is 7. The zero-order valence-corrected chi connectivity index (χ0v) is 21.5. The fourth-order valence-corrected chi connectivity index (χ4v) is 4.39. The molecular weight excluding hydrogens is 548 g/mol. The first-order valence-corrected chi connectivity index (χ1v) is 12.5. The molecule has 4 N–H and O–H groups in total. The first-order valence-electron chi connectivity index (χ1n) is 12.5. The summed E-state index contributed by atoms with van der Waals surface area (Å²) >= 11 is 0. The maximum absolute atomic E-state index is 13.2. The first-order chi connectivity index (χ1) is 20.2. The second-order valence-corrected chi connectivity index (χ2v) is 9.33. The first kappa shape index (κ1) is 26.1. The van der Waals surface area contributed by atoms with E-state index < -0.39 is 23.4 Å². The van der Waals surface area contributed by atoms with Gasteiger partial charge in [0, 0.05) is 18.7 Å². The molecule has 42 heavy (non-hydrogen) atoms. The molecule has 1 aliphatic rings. The van der Waals surface area contributed by atoms with Crippen molar-refractivity contribution in [1.82, 2.24) is 39.9 Å². The number of carboxylic acid groups (broad SMARTS) is 2. The number of carbonyl (C=O) groups excluding carboxylic acids is 1. The SMILES string of the molecule is O=C(O)c1cccc(-n2cc(-c3cc(C(=O)N4CCC4)cc(-c4cn(-c5cccc(C(=O)O)c5O)nn4)n3)nn2)c1O. The largest absolute Gasteiger partial charge is 0.505 e. The summed E-state index contributed by atoms with van der Waals surface area (Å²) in [6.45, 7) is 1.22. The number of benzene rings is 2. The number of amides is 1. The Hall–Kier alpha value is -6.12. The number of aromatic carboxylic acids is 2. The molecule has 0 spiro atoms. The lowest BCUT2D eigenvalue weighted by atomic mass is 10.1. The highest BCUT2D eigenvalue weighted by Gasteiger charge is 2.25. The van der Waals surface area contributed by atoms with Crippen LogP contribution in [0.15, 0.2) is 60.9 Å². The summed E-state index contributed by atoms with van der Waals surface area (Å²) in [7, 11) is 0. The van der Waals surface area contributed by atoms with E-state index in [1.54, 1.807) is 17.0 Å². The van der Waals surface area contributed by atoms with Gasteiger partial charge in [-0.15, -0.1) is 10.2 Å². The van der Waals surface area contributed by atoms with Crippen LogP contribution in [0.3, 0.4) is 0 Å². The highest BCUT2D eigenvalue weighted by atomic mass is 16.4. The molecule has 210 valence electrons. The second kappa shape index (κ2) is 10.1. The van der Waals surface area contributed by atoms with Crippen LogP contribution in [0.1, 0.15) is 37.5 Å². The molecule has 0 aliphatic carbocycles. The monoisotopic (exact) mass is 568 g/mol. The molecule has 0 unspecified atom stereocenters. The summed E-state index contributed by atoms with van der Waals surface area (Å²) in [5.74, 6) is -3.85. The van der Waals surface area contributed by atoms with Crippen LogP contribution in [0.2, 0.25) is 0 Å². The Morgan fingerprint density at radius 1 is 0.690 bits per heavy atom. The van der Waals surface area contributed by atoms with Crippen LogP contribution in [-0.2, 0) is 0 Å². The van der Waals surface area contributed by atoms with E-state index >= 15 is 0 Å². The third-order valence-electron chi connectivity index (χ3n) is 6.71. The van der Waals surface area contributed by atoms with E-state index in [1.165, 1.54) is 58.2 Å². The van der Waals surface area contributed by atoms with Crippen LogP contribution < -0.4 is 0 Å². The Balaban J connectivity index is 1.42. The molecule has 6 rings (SSSR count). The number of aromatic hydroxyl groups is 2. The number of phenols is 2. The fraction of sp³-hybridized carbons (Fsp3) is 0.111. The molecule has 1 saturated heterocycles. The number of hydrogen-bond donors (Lipinski definition) is 4. The van der Waals surface area contributed by atoms with Crippen LogP contribution in [0.25, 0.3) is 34.2 Å². The Kier molecular flexibility index (Phi) is 6.30. The average molecular weight is 569 g/mol. The van der Waals surface area contributed by atoms with Crippen molar-refractivity contribution < 1.29 is 34.8 Å². The van der Waals surface area contributed by atoms with E-state index in [-0.39, 0.29) is 51.2 Å². The zero-order chi connectivity index (χ0) is 29.5. The lowest BCUT2D eigenvalue weighted by molar-refractivity contribution is 0.0649. The number of hydrogen-bond acceptors (Lipinski definition) is 10. The van der Waals surface area contributed by atoms with E-state index in [0.29, 0.717) is 18.7 Å². The van der Waals surface area contributed by atoms with Crippen LogP contribution >= 0.6 is 0 Å². The smallest absolute Gasteiger partial charge is 0.339 e. The predicted molar refractivity (Wildman–Crippen MR) is 143 cm³/mol. The molecule has 1 amide bonds. The molecule has 0 bridgehead atoms. The van der Waals surface area contributed by atoms with Crippen molar-refractivity contribution >= 4 is 17.8 Å². The standard InChI is InChI=1S/C27H20N8O7/c36-23-15(26(39)40)4-1-6-21(23)34-12-19(29-31-34)17-10-14(25(38)33-8-3-9-33)11-18(28-17)20-13-35(32-30-20)22-7-2-5-16(24(22)37)27(41)42/h1-2,4-7,10-13,36-37H,3,8-9H2,(H,39,40)(H,41,42). The van der Waals surface area contributed by atoms with Gasteiger partial charge in [0.05, 0.1) is 23.8 Å². The fourth-order valence-electron chi connectivity index (χ4n) is 4.39. The predicted octanol–water partition coefficient (Wildman–Crippen LogP) is 2.23. The molecule has 15 heteroatoms. The van der Waals surface area contributed by atoms with Crippen LogP contribution in [0.5, 0.6) is 11.5 Å². The van der Waals surface area contributed by atoms with Gasteiger partial charge < -0.3 is 25.3 Å². The third-order valence-corrected chi connectivity index (χ3v) is 6.71. The van der Waals surface area contributed by atoms with Gasteiger partial charge in [0.25, 0.3) is 5.91 Å². The van der Waals surface area contributed by atoms with E-state index in [2.05, 4.69) is 25.6 Å². The van der Waals surface area contributed by atoms with Crippen molar-refractivity contribution in [3.8, 4) is 45.6 Å². The molecule has 1 fully saturated rings. The summed E-state index contributed by atoms with van der Waals surface area (Å²) in [4.78, 5) is 42.3. The minimum atomic E-state index is -1.31.